The topological polar surface area (TPSA) is 64.7 Å². The maximum absolute atomic E-state index is 12.5. The van der Waals surface area contributed by atoms with Crippen molar-refractivity contribution in [1.29, 1.82) is 0 Å². The quantitative estimate of drug-likeness (QED) is 0.768. The molecule has 0 aliphatic heterocycles. The van der Waals surface area contributed by atoms with E-state index in [1.54, 1.807) is 6.20 Å². The first kappa shape index (κ1) is 17.0. The van der Waals surface area contributed by atoms with E-state index in [2.05, 4.69) is 29.4 Å². The molecule has 0 bridgehead atoms. The van der Waals surface area contributed by atoms with Crippen LogP contribution in [-0.4, -0.2) is 25.5 Å². The average Bonchev–Trinajstić information content (AvgIpc) is 3.20. The molecule has 2 aromatic heterocycles. The van der Waals surface area contributed by atoms with Crippen molar-refractivity contribution in [1.82, 2.24) is 19.6 Å². The van der Waals surface area contributed by atoms with Crippen LogP contribution in [0.15, 0.2) is 42.6 Å². The van der Waals surface area contributed by atoms with Crippen LogP contribution in [0.2, 0.25) is 0 Å². The van der Waals surface area contributed by atoms with Crippen molar-refractivity contribution in [3.63, 3.8) is 0 Å². The molecule has 1 unspecified atom stereocenters. The molecule has 1 amide bonds. The van der Waals surface area contributed by atoms with Crippen LogP contribution in [0.25, 0.3) is 5.69 Å². The number of amides is 1. The number of anilines is 1. The van der Waals surface area contributed by atoms with Crippen LogP contribution in [0, 0.1) is 13.8 Å². The lowest BCUT2D eigenvalue weighted by Gasteiger charge is -2.14. The molecule has 0 saturated heterocycles. The molecular weight excluding hydrogens is 314 g/mol. The van der Waals surface area contributed by atoms with Gasteiger partial charge < -0.3 is 5.32 Å². The summed E-state index contributed by atoms with van der Waals surface area (Å²) in [4.78, 5) is 12.5. The Morgan fingerprint density at radius 2 is 1.92 bits per heavy atom. The minimum atomic E-state index is -0.148. The van der Waals surface area contributed by atoms with Gasteiger partial charge >= 0.3 is 0 Å². The monoisotopic (exact) mass is 337 g/mol. The van der Waals surface area contributed by atoms with Gasteiger partial charge in [0.2, 0.25) is 0 Å². The van der Waals surface area contributed by atoms with Crippen molar-refractivity contribution < 1.29 is 4.79 Å². The van der Waals surface area contributed by atoms with Gasteiger partial charge in [-0.05, 0) is 57.5 Å². The summed E-state index contributed by atoms with van der Waals surface area (Å²) in [6, 6.07) is 11.5. The fraction of sp³-hybridized carbons (Fsp3) is 0.316. The third-order valence-electron chi connectivity index (χ3n) is 4.30. The normalized spacial score (nSPS) is 12.2. The second-order valence-corrected chi connectivity index (χ2v) is 6.26. The molecule has 6 nitrogen and oxygen atoms in total. The van der Waals surface area contributed by atoms with Gasteiger partial charge in [-0.3, -0.25) is 4.79 Å². The first-order valence-electron chi connectivity index (χ1n) is 8.48. The molecule has 3 rings (SSSR count). The number of carbonyl (C=O) groups excluding carboxylic acids is 1. The number of hydrogen-bond donors (Lipinski definition) is 1. The Morgan fingerprint density at radius 3 is 2.52 bits per heavy atom. The van der Waals surface area contributed by atoms with Crippen LogP contribution in [0.4, 0.5) is 5.82 Å². The van der Waals surface area contributed by atoms with E-state index in [4.69, 9.17) is 0 Å². The number of carbonyl (C=O) groups is 1. The smallest absolute Gasteiger partial charge is 0.256 e. The fourth-order valence-corrected chi connectivity index (χ4v) is 2.77. The van der Waals surface area contributed by atoms with Gasteiger partial charge in [0.05, 0.1) is 23.6 Å². The third kappa shape index (κ3) is 3.47. The van der Waals surface area contributed by atoms with E-state index in [-0.39, 0.29) is 11.9 Å². The number of rotatable bonds is 5. The van der Waals surface area contributed by atoms with E-state index in [0.717, 1.165) is 23.5 Å². The number of nitrogens with one attached hydrogen (secondary N) is 1. The lowest BCUT2D eigenvalue weighted by atomic mass is 10.2. The van der Waals surface area contributed by atoms with Crippen molar-refractivity contribution in [3.05, 3.63) is 59.5 Å². The summed E-state index contributed by atoms with van der Waals surface area (Å²) < 4.78 is 3.71. The average molecular weight is 337 g/mol. The highest BCUT2D eigenvalue weighted by Crippen LogP contribution is 2.18. The largest absolute Gasteiger partial charge is 0.307 e. The fourth-order valence-electron chi connectivity index (χ4n) is 2.77. The molecule has 1 N–H and O–H groups in total. The Balaban J connectivity index is 1.78. The number of benzene rings is 1. The Morgan fingerprint density at radius 1 is 1.20 bits per heavy atom. The van der Waals surface area contributed by atoms with Gasteiger partial charge in [-0.1, -0.05) is 6.92 Å². The first-order chi connectivity index (χ1) is 12.0. The standard InChI is InChI=1S/C19H23N5O/c1-5-14(3)24-18(10-11-20-24)21-19(25)16-6-8-17(9-7-16)23-15(4)12-13(2)22-23/h6-12,14H,5H2,1-4H3,(H,21,25). The summed E-state index contributed by atoms with van der Waals surface area (Å²) in [5, 5.41) is 11.7. The number of nitrogens with zero attached hydrogens (tertiary/aromatic N) is 4. The van der Waals surface area contributed by atoms with Gasteiger partial charge in [-0.15, -0.1) is 0 Å². The summed E-state index contributed by atoms with van der Waals surface area (Å²) >= 11 is 0. The number of aryl methyl sites for hydroxylation is 2. The highest BCUT2D eigenvalue weighted by atomic mass is 16.1. The zero-order valence-electron chi connectivity index (χ0n) is 15.0. The molecule has 1 aromatic carbocycles. The van der Waals surface area contributed by atoms with Gasteiger partial charge in [0.15, 0.2) is 0 Å². The molecule has 0 spiro atoms. The zero-order valence-corrected chi connectivity index (χ0v) is 15.0. The van der Waals surface area contributed by atoms with Crippen molar-refractivity contribution in [2.75, 3.05) is 5.32 Å². The Hall–Kier alpha value is -2.89. The Labute approximate surface area is 147 Å². The van der Waals surface area contributed by atoms with Crippen molar-refractivity contribution in [2.24, 2.45) is 0 Å². The summed E-state index contributed by atoms with van der Waals surface area (Å²) in [6.45, 7) is 8.14. The molecule has 25 heavy (non-hydrogen) atoms. The van der Waals surface area contributed by atoms with Crippen molar-refractivity contribution >= 4 is 11.7 Å². The molecule has 3 aromatic rings. The van der Waals surface area contributed by atoms with Crippen LogP contribution in [0.3, 0.4) is 0 Å². The summed E-state index contributed by atoms with van der Waals surface area (Å²) in [5.74, 6) is 0.562. The molecule has 0 saturated carbocycles. The molecule has 0 radical (unpaired) electrons. The van der Waals surface area contributed by atoms with Gasteiger partial charge in [-0.25, -0.2) is 9.36 Å². The van der Waals surface area contributed by atoms with Crippen molar-refractivity contribution in [2.45, 2.75) is 40.2 Å². The van der Waals surface area contributed by atoms with Crippen LogP contribution in [-0.2, 0) is 0 Å². The molecule has 6 heteroatoms. The van der Waals surface area contributed by atoms with E-state index >= 15 is 0 Å². The minimum absolute atomic E-state index is 0.148. The Bertz CT molecular complexity index is 876. The lowest BCUT2D eigenvalue weighted by Crippen LogP contribution is -2.17. The van der Waals surface area contributed by atoms with E-state index in [9.17, 15) is 4.79 Å². The highest BCUT2D eigenvalue weighted by Gasteiger charge is 2.13. The van der Waals surface area contributed by atoms with E-state index < -0.39 is 0 Å². The van der Waals surface area contributed by atoms with Crippen LogP contribution < -0.4 is 5.32 Å². The minimum Gasteiger partial charge on any atom is -0.307 e. The van der Waals surface area contributed by atoms with Gasteiger partial charge in [-0.2, -0.15) is 10.2 Å². The number of hydrogen-bond acceptors (Lipinski definition) is 3. The van der Waals surface area contributed by atoms with E-state index in [1.807, 2.05) is 59.6 Å². The van der Waals surface area contributed by atoms with Gasteiger partial charge in [0, 0.05) is 17.3 Å². The van der Waals surface area contributed by atoms with Crippen LogP contribution in [0.1, 0.15) is 48.1 Å². The molecule has 130 valence electrons. The predicted molar refractivity (Wildman–Crippen MR) is 98.2 cm³/mol. The molecular formula is C19H23N5O. The number of aromatic nitrogens is 4. The predicted octanol–water partition coefficient (Wildman–Crippen LogP) is 3.91. The molecule has 0 fully saturated rings. The molecule has 0 aliphatic rings. The molecule has 0 aliphatic carbocycles. The summed E-state index contributed by atoms with van der Waals surface area (Å²) in [5.41, 5.74) is 3.57. The third-order valence-corrected chi connectivity index (χ3v) is 4.30. The summed E-state index contributed by atoms with van der Waals surface area (Å²) in [7, 11) is 0. The van der Waals surface area contributed by atoms with Gasteiger partial charge in [0.25, 0.3) is 5.91 Å². The second kappa shape index (κ2) is 6.93. The SMILES string of the molecule is CCC(C)n1nccc1NC(=O)c1ccc(-n2nc(C)cc2C)cc1. The second-order valence-electron chi connectivity index (χ2n) is 6.26. The first-order valence-corrected chi connectivity index (χ1v) is 8.48. The van der Waals surface area contributed by atoms with E-state index in [1.165, 1.54) is 0 Å². The Kier molecular flexibility index (Phi) is 4.70. The summed E-state index contributed by atoms with van der Waals surface area (Å²) in [6.07, 6.45) is 2.65. The zero-order chi connectivity index (χ0) is 18.0. The van der Waals surface area contributed by atoms with Crippen LogP contribution in [0.5, 0.6) is 0 Å². The maximum Gasteiger partial charge on any atom is 0.256 e. The van der Waals surface area contributed by atoms with Crippen LogP contribution >= 0.6 is 0 Å². The maximum atomic E-state index is 12.5. The van der Waals surface area contributed by atoms with Crippen molar-refractivity contribution in [3.8, 4) is 5.69 Å². The molecule has 1 atom stereocenters. The lowest BCUT2D eigenvalue weighted by molar-refractivity contribution is 0.102. The molecule has 2 heterocycles. The van der Waals surface area contributed by atoms with E-state index in [0.29, 0.717) is 11.4 Å². The van der Waals surface area contributed by atoms with Gasteiger partial charge in [0.1, 0.15) is 5.82 Å². The highest BCUT2D eigenvalue weighted by molar-refractivity contribution is 6.03.